The lowest BCUT2D eigenvalue weighted by molar-refractivity contribution is -0.135. The molecule has 2 rings (SSSR count). The number of nitrogens with zero attached hydrogens (tertiary/aromatic N) is 2. The highest BCUT2D eigenvalue weighted by Gasteiger charge is 2.34. The number of methoxy groups -OCH3 is 1. The van der Waals surface area contributed by atoms with Crippen molar-refractivity contribution in [2.24, 2.45) is 0 Å². The number of amides is 1. The number of aliphatic hydroxyl groups is 1. The van der Waals surface area contributed by atoms with Crippen LogP contribution in [-0.2, 0) is 9.53 Å². The number of likely N-dealkylation sites (tertiary alicyclic amines) is 1. The van der Waals surface area contributed by atoms with E-state index in [1.165, 1.54) is 0 Å². The van der Waals surface area contributed by atoms with Gasteiger partial charge in [-0.25, -0.2) is 0 Å². The summed E-state index contributed by atoms with van der Waals surface area (Å²) >= 11 is 0. The largest absolute Gasteiger partial charge is 0.482 e. The van der Waals surface area contributed by atoms with Crippen LogP contribution in [0.1, 0.15) is 12.0 Å². The predicted molar refractivity (Wildman–Crippen MR) is 74.7 cm³/mol. The standard InChI is InChI=1S/C15H18N2O4/c1-20-13-6-12(9-18)17(8-13)15(19)10-21-14-5-3-2-4-11(14)7-16/h2-5,12-13,18H,6,8-10H2,1H3/t12-,13+/m0/s1. The van der Waals surface area contributed by atoms with Gasteiger partial charge in [0.25, 0.3) is 5.91 Å². The monoisotopic (exact) mass is 290 g/mol. The number of hydrogen-bond acceptors (Lipinski definition) is 5. The van der Waals surface area contributed by atoms with Crippen LogP contribution < -0.4 is 4.74 Å². The number of hydrogen-bond donors (Lipinski definition) is 1. The Morgan fingerprint density at radius 3 is 2.95 bits per heavy atom. The summed E-state index contributed by atoms with van der Waals surface area (Å²) in [7, 11) is 1.59. The Labute approximate surface area is 123 Å². The fourth-order valence-electron chi connectivity index (χ4n) is 2.43. The third-order valence-corrected chi connectivity index (χ3v) is 3.60. The molecule has 0 aliphatic carbocycles. The van der Waals surface area contributed by atoms with Crippen molar-refractivity contribution in [2.45, 2.75) is 18.6 Å². The van der Waals surface area contributed by atoms with Gasteiger partial charge >= 0.3 is 0 Å². The molecule has 1 saturated heterocycles. The van der Waals surface area contributed by atoms with Crippen LogP contribution in [0.5, 0.6) is 5.75 Å². The molecule has 1 fully saturated rings. The van der Waals surface area contributed by atoms with Gasteiger partial charge in [-0.1, -0.05) is 12.1 Å². The maximum atomic E-state index is 12.2. The molecule has 1 aliphatic rings. The molecule has 0 radical (unpaired) electrons. The van der Waals surface area contributed by atoms with Crippen molar-refractivity contribution in [2.75, 3.05) is 26.9 Å². The summed E-state index contributed by atoms with van der Waals surface area (Å²) in [6.07, 6.45) is 0.561. The van der Waals surface area contributed by atoms with Crippen LogP contribution in [0.15, 0.2) is 24.3 Å². The quantitative estimate of drug-likeness (QED) is 0.856. The fraction of sp³-hybridized carbons (Fsp3) is 0.467. The molecule has 21 heavy (non-hydrogen) atoms. The first kappa shape index (κ1) is 15.3. The van der Waals surface area contributed by atoms with Crippen LogP contribution in [0, 0.1) is 11.3 Å². The molecule has 6 nitrogen and oxygen atoms in total. The summed E-state index contributed by atoms with van der Waals surface area (Å²) in [5.74, 6) is 0.165. The van der Waals surface area contributed by atoms with Crippen molar-refractivity contribution in [1.29, 1.82) is 5.26 Å². The first-order chi connectivity index (χ1) is 10.2. The van der Waals surface area contributed by atoms with Crippen LogP contribution in [0.4, 0.5) is 0 Å². The highest BCUT2D eigenvalue weighted by atomic mass is 16.5. The van der Waals surface area contributed by atoms with E-state index in [4.69, 9.17) is 14.7 Å². The zero-order chi connectivity index (χ0) is 15.2. The van der Waals surface area contributed by atoms with Gasteiger partial charge in [-0.3, -0.25) is 4.79 Å². The smallest absolute Gasteiger partial charge is 0.260 e. The van der Waals surface area contributed by atoms with Gasteiger partial charge in [0, 0.05) is 13.7 Å². The van der Waals surface area contributed by atoms with Gasteiger partial charge in [0.2, 0.25) is 0 Å². The Kier molecular flexibility index (Phi) is 5.14. The second kappa shape index (κ2) is 7.07. The minimum absolute atomic E-state index is 0.0579. The Bertz CT molecular complexity index is 541. The molecule has 0 spiro atoms. The topological polar surface area (TPSA) is 82.8 Å². The number of nitriles is 1. The third kappa shape index (κ3) is 3.51. The van der Waals surface area contributed by atoms with Crippen molar-refractivity contribution in [3.8, 4) is 11.8 Å². The van der Waals surface area contributed by atoms with Crippen LogP contribution in [0.2, 0.25) is 0 Å². The molecule has 1 N–H and O–H groups in total. The molecule has 1 heterocycles. The van der Waals surface area contributed by atoms with E-state index in [-0.39, 0.29) is 31.3 Å². The average Bonchev–Trinajstić information content (AvgIpc) is 2.96. The highest BCUT2D eigenvalue weighted by Crippen LogP contribution is 2.21. The molecule has 2 atom stereocenters. The summed E-state index contributed by atoms with van der Waals surface area (Å²) < 4.78 is 10.7. The number of ether oxygens (including phenoxy) is 2. The van der Waals surface area contributed by atoms with E-state index in [2.05, 4.69) is 0 Å². The van der Waals surface area contributed by atoms with Crippen molar-refractivity contribution in [3.63, 3.8) is 0 Å². The number of carbonyl (C=O) groups excluding carboxylic acids is 1. The Balaban J connectivity index is 1.97. The number of benzene rings is 1. The summed E-state index contributed by atoms with van der Waals surface area (Å²) in [5, 5.41) is 18.3. The molecule has 112 valence electrons. The number of carbonyl (C=O) groups is 1. The molecule has 1 aromatic rings. The first-order valence-corrected chi connectivity index (χ1v) is 6.74. The Morgan fingerprint density at radius 1 is 1.52 bits per heavy atom. The summed E-state index contributed by atoms with van der Waals surface area (Å²) in [6.45, 7) is 0.190. The van der Waals surface area contributed by atoms with E-state index < -0.39 is 0 Å². The van der Waals surface area contributed by atoms with Crippen molar-refractivity contribution in [1.82, 2.24) is 4.90 Å². The van der Waals surface area contributed by atoms with Crippen molar-refractivity contribution < 1.29 is 19.4 Å². The number of rotatable bonds is 5. The summed E-state index contributed by atoms with van der Waals surface area (Å²) in [6, 6.07) is 8.54. The van der Waals surface area contributed by atoms with E-state index in [0.29, 0.717) is 24.3 Å². The van der Waals surface area contributed by atoms with Gasteiger partial charge in [0.1, 0.15) is 11.8 Å². The molecular formula is C15H18N2O4. The van der Waals surface area contributed by atoms with Gasteiger partial charge < -0.3 is 19.5 Å². The van der Waals surface area contributed by atoms with Crippen molar-refractivity contribution >= 4 is 5.91 Å². The van der Waals surface area contributed by atoms with Gasteiger partial charge in [-0.2, -0.15) is 5.26 Å². The minimum Gasteiger partial charge on any atom is -0.482 e. The molecule has 1 aliphatic heterocycles. The number of aliphatic hydroxyl groups excluding tert-OH is 1. The maximum absolute atomic E-state index is 12.2. The summed E-state index contributed by atoms with van der Waals surface area (Å²) in [4.78, 5) is 13.8. The van der Waals surface area contributed by atoms with E-state index >= 15 is 0 Å². The van der Waals surface area contributed by atoms with Crippen LogP contribution >= 0.6 is 0 Å². The average molecular weight is 290 g/mol. The molecular weight excluding hydrogens is 272 g/mol. The van der Waals surface area contributed by atoms with E-state index in [1.807, 2.05) is 6.07 Å². The lowest BCUT2D eigenvalue weighted by Gasteiger charge is -2.22. The predicted octanol–water partition coefficient (Wildman–Crippen LogP) is 0.545. The van der Waals surface area contributed by atoms with Gasteiger partial charge in [-0.05, 0) is 18.6 Å². The molecule has 1 amide bonds. The lowest BCUT2D eigenvalue weighted by Crippen LogP contribution is -2.40. The van der Waals surface area contributed by atoms with E-state index in [0.717, 1.165) is 0 Å². The van der Waals surface area contributed by atoms with E-state index in [9.17, 15) is 9.90 Å². The van der Waals surface area contributed by atoms with Crippen molar-refractivity contribution in [3.05, 3.63) is 29.8 Å². The molecule has 6 heteroatoms. The molecule has 0 saturated carbocycles. The van der Waals surface area contributed by atoms with E-state index in [1.54, 1.807) is 36.3 Å². The van der Waals surface area contributed by atoms with Gasteiger partial charge in [-0.15, -0.1) is 0 Å². The second-order valence-electron chi connectivity index (χ2n) is 4.87. The molecule has 0 unspecified atom stereocenters. The molecule has 1 aromatic carbocycles. The number of para-hydroxylation sites is 1. The SMILES string of the molecule is CO[C@@H]1C[C@@H](CO)N(C(=O)COc2ccccc2C#N)C1. The molecule has 0 bridgehead atoms. The zero-order valence-electron chi connectivity index (χ0n) is 11.9. The molecule has 0 aromatic heterocycles. The fourth-order valence-corrected chi connectivity index (χ4v) is 2.43. The van der Waals surface area contributed by atoms with Gasteiger partial charge in [0.15, 0.2) is 6.61 Å². The van der Waals surface area contributed by atoms with Crippen LogP contribution in [0.3, 0.4) is 0 Å². The maximum Gasteiger partial charge on any atom is 0.260 e. The zero-order valence-corrected chi connectivity index (χ0v) is 11.9. The normalized spacial score (nSPS) is 21.1. The first-order valence-electron chi connectivity index (χ1n) is 6.74. The Hall–Kier alpha value is -2.10. The lowest BCUT2D eigenvalue weighted by atomic mass is 10.2. The van der Waals surface area contributed by atoms with Gasteiger partial charge in [0.05, 0.1) is 24.3 Å². The third-order valence-electron chi connectivity index (χ3n) is 3.60. The highest BCUT2D eigenvalue weighted by molar-refractivity contribution is 5.78. The summed E-state index contributed by atoms with van der Waals surface area (Å²) in [5.41, 5.74) is 0.389. The van der Waals surface area contributed by atoms with Crippen LogP contribution in [-0.4, -0.2) is 54.9 Å². The minimum atomic E-state index is -0.239. The Morgan fingerprint density at radius 2 is 2.29 bits per heavy atom. The van der Waals surface area contributed by atoms with Crippen LogP contribution in [0.25, 0.3) is 0 Å². The second-order valence-corrected chi connectivity index (χ2v) is 4.87.